The van der Waals surface area contributed by atoms with E-state index in [4.69, 9.17) is 4.74 Å². The Kier molecular flexibility index (Phi) is 2.96. The minimum Gasteiger partial charge on any atom is -0.385 e. The summed E-state index contributed by atoms with van der Waals surface area (Å²) in [7, 11) is 0. The topological polar surface area (TPSA) is 29.5 Å². The lowest BCUT2D eigenvalue weighted by molar-refractivity contribution is -0.149. The van der Waals surface area contributed by atoms with Gasteiger partial charge in [-0.3, -0.25) is 0 Å². The maximum atomic E-state index is 13.7. The van der Waals surface area contributed by atoms with Crippen LogP contribution >= 0.6 is 0 Å². The maximum absolute atomic E-state index is 13.7. The predicted octanol–water partition coefficient (Wildman–Crippen LogP) is 2.74. The Hall–Kier alpha value is -1.00. The quantitative estimate of drug-likeness (QED) is 0.820. The van der Waals surface area contributed by atoms with Gasteiger partial charge in [-0.15, -0.1) is 0 Å². The van der Waals surface area contributed by atoms with E-state index in [0.29, 0.717) is 6.61 Å². The van der Waals surface area contributed by atoms with Crippen LogP contribution in [0.1, 0.15) is 32.3 Å². The minimum absolute atomic E-state index is 0.0221. The Balaban J connectivity index is 2.40. The summed E-state index contributed by atoms with van der Waals surface area (Å²) in [5, 5.41) is 10.5. The standard InChI is InChI=1S/C13H16F2O2/c1-12(2)8-13(16,5-6-17-12)10-7-9(14)3-4-11(10)15/h3-4,7,16H,5-6,8H2,1-2H3. The second-order valence-corrected chi connectivity index (χ2v) is 5.19. The van der Waals surface area contributed by atoms with Gasteiger partial charge in [0.25, 0.3) is 0 Å². The molecule has 0 aromatic heterocycles. The van der Waals surface area contributed by atoms with E-state index in [1.165, 1.54) is 0 Å². The zero-order valence-electron chi connectivity index (χ0n) is 9.96. The number of benzene rings is 1. The molecule has 2 nitrogen and oxygen atoms in total. The molecule has 1 aliphatic heterocycles. The monoisotopic (exact) mass is 242 g/mol. The molecule has 1 N–H and O–H groups in total. The molecule has 0 amide bonds. The summed E-state index contributed by atoms with van der Waals surface area (Å²) in [6, 6.07) is 3.16. The number of hydrogen-bond donors (Lipinski definition) is 1. The van der Waals surface area contributed by atoms with Crippen molar-refractivity contribution in [1.29, 1.82) is 0 Å². The van der Waals surface area contributed by atoms with Gasteiger partial charge in [-0.2, -0.15) is 0 Å². The highest BCUT2D eigenvalue weighted by molar-refractivity contribution is 5.26. The molecule has 1 saturated heterocycles. The number of aliphatic hydroxyl groups is 1. The Bertz CT molecular complexity index is 431. The smallest absolute Gasteiger partial charge is 0.129 e. The van der Waals surface area contributed by atoms with Crippen LogP contribution in [0.3, 0.4) is 0 Å². The summed E-state index contributed by atoms with van der Waals surface area (Å²) in [4.78, 5) is 0. The summed E-state index contributed by atoms with van der Waals surface area (Å²) in [6.45, 7) is 3.99. The summed E-state index contributed by atoms with van der Waals surface area (Å²) >= 11 is 0. The second kappa shape index (κ2) is 4.03. The number of hydrogen-bond acceptors (Lipinski definition) is 2. The van der Waals surface area contributed by atoms with E-state index in [-0.39, 0.29) is 18.4 Å². The molecular weight excluding hydrogens is 226 g/mol. The minimum atomic E-state index is -1.35. The van der Waals surface area contributed by atoms with E-state index >= 15 is 0 Å². The number of rotatable bonds is 1. The summed E-state index contributed by atoms with van der Waals surface area (Å²) in [5.41, 5.74) is -1.87. The maximum Gasteiger partial charge on any atom is 0.129 e. The number of ether oxygens (including phenoxy) is 1. The number of halogens is 2. The van der Waals surface area contributed by atoms with Crippen molar-refractivity contribution in [2.45, 2.75) is 37.9 Å². The molecule has 1 heterocycles. The van der Waals surface area contributed by atoms with Gasteiger partial charge in [-0.25, -0.2) is 8.78 Å². The van der Waals surface area contributed by atoms with Crippen LogP contribution in [0, 0.1) is 11.6 Å². The van der Waals surface area contributed by atoms with Crippen molar-refractivity contribution in [2.24, 2.45) is 0 Å². The molecule has 1 atom stereocenters. The normalized spacial score (nSPS) is 28.1. The second-order valence-electron chi connectivity index (χ2n) is 5.19. The van der Waals surface area contributed by atoms with Crippen molar-refractivity contribution in [3.63, 3.8) is 0 Å². The molecule has 1 aromatic carbocycles. The molecule has 1 unspecified atom stereocenters. The Labute approximate surface area is 99.2 Å². The van der Waals surface area contributed by atoms with Crippen molar-refractivity contribution >= 4 is 0 Å². The van der Waals surface area contributed by atoms with Gasteiger partial charge in [0.2, 0.25) is 0 Å². The molecular formula is C13H16F2O2. The van der Waals surface area contributed by atoms with Crippen LogP contribution in [0.15, 0.2) is 18.2 Å². The van der Waals surface area contributed by atoms with Crippen LogP contribution in [0.2, 0.25) is 0 Å². The van der Waals surface area contributed by atoms with Gasteiger partial charge in [0.05, 0.1) is 17.8 Å². The lowest BCUT2D eigenvalue weighted by Crippen LogP contribution is -2.44. The zero-order chi connectivity index (χ0) is 12.7. The first-order chi connectivity index (χ1) is 7.82. The van der Waals surface area contributed by atoms with Gasteiger partial charge >= 0.3 is 0 Å². The molecule has 0 saturated carbocycles. The molecule has 0 bridgehead atoms. The first-order valence-electron chi connectivity index (χ1n) is 5.64. The first-order valence-corrected chi connectivity index (χ1v) is 5.64. The van der Waals surface area contributed by atoms with Gasteiger partial charge < -0.3 is 9.84 Å². The Morgan fingerprint density at radius 2 is 2.00 bits per heavy atom. The first kappa shape index (κ1) is 12.5. The lowest BCUT2D eigenvalue weighted by Gasteiger charge is -2.41. The molecule has 1 aromatic rings. The third kappa shape index (κ3) is 2.48. The highest BCUT2D eigenvalue weighted by Gasteiger charge is 2.42. The van der Waals surface area contributed by atoms with Crippen molar-refractivity contribution in [1.82, 2.24) is 0 Å². The van der Waals surface area contributed by atoms with Gasteiger partial charge in [-0.05, 0) is 32.0 Å². The van der Waals surface area contributed by atoms with Gasteiger partial charge in [-0.1, -0.05) is 0 Å². The largest absolute Gasteiger partial charge is 0.385 e. The SMILES string of the molecule is CC1(C)CC(O)(c2cc(F)ccc2F)CCO1. The van der Waals surface area contributed by atoms with Crippen LogP contribution in [0.5, 0.6) is 0 Å². The van der Waals surface area contributed by atoms with Gasteiger partial charge in [0.15, 0.2) is 0 Å². The van der Waals surface area contributed by atoms with Crippen LogP contribution in [0.4, 0.5) is 8.78 Å². The van der Waals surface area contributed by atoms with E-state index in [1.54, 1.807) is 0 Å². The molecule has 94 valence electrons. The molecule has 17 heavy (non-hydrogen) atoms. The van der Waals surface area contributed by atoms with E-state index in [1.807, 2.05) is 13.8 Å². The third-order valence-corrected chi connectivity index (χ3v) is 3.16. The average Bonchev–Trinajstić information content (AvgIpc) is 2.19. The third-order valence-electron chi connectivity index (χ3n) is 3.16. The van der Waals surface area contributed by atoms with Crippen molar-refractivity contribution in [2.75, 3.05) is 6.61 Å². The fourth-order valence-corrected chi connectivity index (χ4v) is 2.42. The summed E-state index contributed by atoms with van der Waals surface area (Å²) in [5.74, 6) is -1.12. The Morgan fingerprint density at radius 1 is 1.29 bits per heavy atom. The molecule has 2 rings (SSSR count). The van der Waals surface area contributed by atoms with E-state index in [0.717, 1.165) is 18.2 Å². The van der Waals surface area contributed by atoms with Crippen LogP contribution in [-0.2, 0) is 10.3 Å². The highest BCUT2D eigenvalue weighted by atomic mass is 19.1. The lowest BCUT2D eigenvalue weighted by atomic mass is 9.79. The fraction of sp³-hybridized carbons (Fsp3) is 0.538. The van der Waals surface area contributed by atoms with E-state index < -0.39 is 22.8 Å². The van der Waals surface area contributed by atoms with Crippen molar-refractivity contribution in [3.05, 3.63) is 35.4 Å². The molecule has 1 fully saturated rings. The Morgan fingerprint density at radius 3 is 2.65 bits per heavy atom. The molecule has 4 heteroatoms. The van der Waals surface area contributed by atoms with Gasteiger partial charge in [0.1, 0.15) is 11.6 Å². The van der Waals surface area contributed by atoms with E-state index in [9.17, 15) is 13.9 Å². The zero-order valence-corrected chi connectivity index (χ0v) is 9.96. The summed E-state index contributed by atoms with van der Waals surface area (Å²) < 4.78 is 32.3. The molecule has 0 aliphatic carbocycles. The molecule has 0 spiro atoms. The highest BCUT2D eigenvalue weighted by Crippen LogP contribution is 2.40. The van der Waals surface area contributed by atoms with Gasteiger partial charge in [0, 0.05) is 18.4 Å². The van der Waals surface area contributed by atoms with Crippen LogP contribution < -0.4 is 0 Å². The van der Waals surface area contributed by atoms with Crippen molar-refractivity contribution < 1.29 is 18.6 Å². The van der Waals surface area contributed by atoms with Crippen molar-refractivity contribution in [3.8, 4) is 0 Å². The molecule has 1 aliphatic rings. The average molecular weight is 242 g/mol. The summed E-state index contributed by atoms with van der Waals surface area (Å²) in [6.07, 6.45) is 0.525. The fourth-order valence-electron chi connectivity index (χ4n) is 2.42. The predicted molar refractivity (Wildman–Crippen MR) is 59.5 cm³/mol. The molecule has 0 radical (unpaired) electrons. The van der Waals surface area contributed by atoms with Crippen LogP contribution in [0.25, 0.3) is 0 Å². The van der Waals surface area contributed by atoms with Crippen LogP contribution in [-0.4, -0.2) is 17.3 Å². The van der Waals surface area contributed by atoms with E-state index in [2.05, 4.69) is 0 Å².